The van der Waals surface area contributed by atoms with Gasteiger partial charge in [0.15, 0.2) is 0 Å². The minimum Gasteiger partial charge on any atom is -0.497 e. The number of ether oxygens (including phenoxy) is 2. The van der Waals surface area contributed by atoms with Crippen molar-refractivity contribution in [3.8, 4) is 17.6 Å². The van der Waals surface area contributed by atoms with Crippen LogP contribution in [0.2, 0.25) is 0 Å². The average Bonchev–Trinajstić information content (AvgIpc) is 2.77. The maximum Gasteiger partial charge on any atom is 0.244 e. The molecule has 3 aromatic rings. The number of carbonyl (C=O) groups excluding carboxylic acids is 1. The van der Waals surface area contributed by atoms with Crippen LogP contribution >= 0.6 is 0 Å². The van der Waals surface area contributed by atoms with E-state index in [1.54, 1.807) is 49.4 Å². The first-order chi connectivity index (χ1) is 14.0. The molecule has 3 rings (SSSR count). The van der Waals surface area contributed by atoms with Crippen LogP contribution in [0.4, 0.5) is 0 Å². The Hall–Kier alpha value is -3.56. The number of rotatable bonds is 6. The zero-order valence-corrected chi connectivity index (χ0v) is 16.7. The number of likely N-dealkylation sites (N-methyl/N-ethyl adjacent to an activating group) is 1. The van der Waals surface area contributed by atoms with Gasteiger partial charge in [-0.1, -0.05) is 36.4 Å². The number of nitrogens with zero attached hydrogens (tertiary/aromatic N) is 2. The SMILES string of the molecule is COc1cccc(C(N)C(=O)N(C)Cc2c(OC)c(C#N)cc3ccccc23)c1. The molecule has 0 saturated heterocycles. The van der Waals surface area contributed by atoms with Gasteiger partial charge in [0, 0.05) is 19.2 Å². The Labute approximate surface area is 170 Å². The molecule has 0 radical (unpaired) electrons. The largest absolute Gasteiger partial charge is 0.497 e. The predicted octanol–water partition coefficient (Wildman–Crippen LogP) is 3.39. The fourth-order valence-corrected chi connectivity index (χ4v) is 3.41. The van der Waals surface area contributed by atoms with Gasteiger partial charge in [-0.05, 0) is 34.5 Å². The van der Waals surface area contributed by atoms with Crippen molar-refractivity contribution in [3.63, 3.8) is 0 Å². The van der Waals surface area contributed by atoms with E-state index in [4.69, 9.17) is 15.2 Å². The number of carbonyl (C=O) groups is 1. The van der Waals surface area contributed by atoms with Crippen molar-refractivity contribution in [2.24, 2.45) is 5.73 Å². The van der Waals surface area contributed by atoms with Crippen molar-refractivity contribution in [1.29, 1.82) is 5.26 Å². The second-order valence-electron chi connectivity index (χ2n) is 6.72. The number of hydrogen-bond acceptors (Lipinski definition) is 5. The molecule has 0 spiro atoms. The molecule has 3 aromatic carbocycles. The maximum absolute atomic E-state index is 13.0. The van der Waals surface area contributed by atoms with Gasteiger partial charge in [0.05, 0.1) is 19.8 Å². The second-order valence-corrected chi connectivity index (χ2v) is 6.72. The summed E-state index contributed by atoms with van der Waals surface area (Å²) in [5.41, 5.74) is 8.10. The fourth-order valence-electron chi connectivity index (χ4n) is 3.41. The second kappa shape index (κ2) is 8.63. The van der Waals surface area contributed by atoms with E-state index in [-0.39, 0.29) is 12.5 Å². The zero-order chi connectivity index (χ0) is 21.0. The molecule has 0 aliphatic carbocycles. The number of fused-ring (bicyclic) bond motifs is 1. The summed E-state index contributed by atoms with van der Waals surface area (Å²) in [4.78, 5) is 14.5. The van der Waals surface area contributed by atoms with Gasteiger partial charge in [0.2, 0.25) is 5.91 Å². The van der Waals surface area contributed by atoms with Gasteiger partial charge in [0.1, 0.15) is 23.6 Å². The van der Waals surface area contributed by atoms with Crippen LogP contribution in [0.25, 0.3) is 10.8 Å². The van der Waals surface area contributed by atoms with Crippen molar-refractivity contribution in [2.75, 3.05) is 21.3 Å². The standard InChI is InChI=1S/C23H23N3O3/c1-26(23(27)21(25)16-8-6-9-18(12-16)28-2)14-20-19-10-5-4-7-15(19)11-17(13-24)22(20)29-3/h4-12,21H,14,25H2,1-3H3. The molecule has 6 nitrogen and oxygen atoms in total. The summed E-state index contributed by atoms with van der Waals surface area (Å²) in [5, 5.41) is 11.4. The van der Waals surface area contributed by atoms with E-state index in [1.165, 1.54) is 7.11 Å². The first kappa shape index (κ1) is 20.2. The average molecular weight is 389 g/mol. The summed E-state index contributed by atoms with van der Waals surface area (Å²) in [5.74, 6) is 0.871. The summed E-state index contributed by atoms with van der Waals surface area (Å²) in [6.45, 7) is 0.260. The molecule has 148 valence electrons. The lowest BCUT2D eigenvalue weighted by molar-refractivity contribution is -0.131. The van der Waals surface area contributed by atoms with Crippen molar-refractivity contribution >= 4 is 16.7 Å². The quantitative estimate of drug-likeness (QED) is 0.698. The Morgan fingerprint density at radius 3 is 2.59 bits per heavy atom. The number of benzene rings is 3. The first-order valence-electron chi connectivity index (χ1n) is 9.13. The molecule has 0 saturated carbocycles. The molecule has 0 aliphatic rings. The fraction of sp³-hybridized carbons (Fsp3) is 0.217. The van der Waals surface area contributed by atoms with Crippen molar-refractivity contribution in [2.45, 2.75) is 12.6 Å². The van der Waals surface area contributed by atoms with Gasteiger partial charge >= 0.3 is 0 Å². The van der Waals surface area contributed by atoms with Crippen LogP contribution in [-0.4, -0.2) is 32.1 Å². The lowest BCUT2D eigenvalue weighted by atomic mass is 9.98. The van der Waals surface area contributed by atoms with E-state index < -0.39 is 6.04 Å². The van der Waals surface area contributed by atoms with Gasteiger partial charge in [-0.25, -0.2) is 0 Å². The van der Waals surface area contributed by atoms with E-state index in [2.05, 4.69) is 6.07 Å². The lowest BCUT2D eigenvalue weighted by Crippen LogP contribution is -2.35. The van der Waals surface area contributed by atoms with Crippen LogP contribution in [0.3, 0.4) is 0 Å². The molecule has 0 aliphatic heterocycles. The van der Waals surface area contributed by atoms with Gasteiger partial charge in [-0.15, -0.1) is 0 Å². The van der Waals surface area contributed by atoms with Crippen molar-refractivity contribution < 1.29 is 14.3 Å². The number of nitrogens with two attached hydrogens (primary N) is 1. The highest BCUT2D eigenvalue weighted by Gasteiger charge is 2.23. The summed E-state index contributed by atoms with van der Waals surface area (Å²) >= 11 is 0. The molecule has 2 N–H and O–H groups in total. The van der Waals surface area contributed by atoms with Gasteiger partial charge in [-0.3, -0.25) is 4.79 Å². The number of hydrogen-bond donors (Lipinski definition) is 1. The Bertz CT molecular complexity index is 1090. The predicted molar refractivity (Wildman–Crippen MR) is 112 cm³/mol. The van der Waals surface area contributed by atoms with E-state index >= 15 is 0 Å². The normalized spacial score (nSPS) is 11.6. The van der Waals surface area contributed by atoms with Crippen LogP contribution < -0.4 is 15.2 Å². The number of amides is 1. The minimum atomic E-state index is -0.827. The van der Waals surface area contributed by atoms with Crippen LogP contribution in [0.1, 0.15) is 22.7 Å². The van der Waals surface area contributed by atoms with E-state index in [9.17, 15) is 10.1 Å². The smallest absolute Gasteiger partial charge is 0.244 e. The Kier molecular flexibility index (Phi) is 6.01. The van der Waals surface area contributed by atoms with Gasteiger partial charge in [-0.2, -0.15) is 5.26 Å². The van der Waals surface area contributed by atoms with Crippen LogP contribution in [0.15, 0.2) is 54.6 Å². The molecular weight excluding hydrogens is 366 g/mol. The third kappa shape index (κ3) is 4.00. The van der Waals surface area contributed by atoms with Crippen molar-refractivity contribution in [1.82, 2.24) is 4.90 Å². The number of methoxy groups -OCH3 is 2. The summed E-state index contributed by atoms with van der Waals surface area (Å²) < 4.78 is 10.7. The molecule has 0 aromatic heterocycles. The molecule has 6 heteroatoms. The van der Waals surface area contributed by atoms with Crippen LogP contribution in [0.5, 0.6) is 11.5 Å². The lowest BCUT2D eigenvalue weighted by Gasteiger charge is -2.24. The third-order valence-electron chi connectivity index (χ3n) is 4.92. The molecule has 29 heavy (non-hydrogen) atoms. The van der Waals surface area contributed by atoms with E-state index in [1.807, 2.05) is 24.3 Å². The highest BCUT2D eigenvalue weighted by Crippen LogP contribution is 2.33. The van der Waals surface area contributed by atoms with E-state index in [0.717, 1.165) is 16.3 Å². The van der Waals surface area contributed by atoms with E-state index in [0.29, 0.717) is 22.6 Å². The maximum atomic E-state index is 13.0. The Balaban J connectivity index is 1.95. The Morgan fingerprint density at radius 1 is 1.14 bits per heavy atom. The molecule has 1 atom stereocenters. The summed E-state index contributed by atoms with van der Waals surface area (Å²) in [6, 6.07) is 18.0. The van der Waals surface area contributed by atoms with Crippen LogP contribution in [-0.2, 0) is 11.3 Å². The first-order valence-corrected chi connectivity index (χ1v) is 9.13. The summed E-state index contributed by atoms with van der Waals surface area (Å²) in [6.07, 6.45) is 0. The molecular formula is C23H23N3O3. The molecule has 0 fully saturated rings. The molecule has 1 unspecified atom stereocenters. The highest BCUT2D eigenvalue weighted by atomic mass is 16.5. The molecule has 1 amide bonds. The van der Waals surface area contributed by atoms with Crippen molar-refractivity contribution in [3.05, 3.63) is 71.3 Å². The van der Waals surface area contributed by atoms with Gasteiger partial charge < -0.3 is 20.1 Å². The van der Waals surface area contributed by atoms with Crippen LogP contribution in [0, 0.1) is 11.3 Å². The third-order valence-corrected chi connectivity index (χ3v) is 4.92. The topological polar surface area (TPSA) is 88.6 Å². The summed E-state index contributed by atoms with van der Waals surface area (Å²) in [7, 11) is 4.78. The minimum absolute atomic E-state index is 0.244. The van der Waals surface area contributed by atoms with Gasteiger partial charge in [0.25, 0.3) is 0 Å². The Morgan fingerprint density at radius 2 is 1.90 bits per heavy atom. The molecule has 0 heterocycles. The number of nitriles is 1. The monoisotopic (exact) mass is 389 g/mol. The molecule has 0 bridgehead atoms. The zero-order valence-electron chi connectivity index (χ0n) is 16.7. The highest BCUT2D eigenvalue weighted by molar-refractivity contribution is 5.90.